The molecular weight excluding hydrogens is 1310 g/mol. The summed E-state index contributed by atoms with van der Waals surface area (Å²) in [6, 6.07) is -11.5. The quantitative estimate of drug-likeness (QED) is 0.0289. The number of hydrogen-bond donors (Lipinski definition) is 19. The highest BCUT2D eigenvalue weighted by Gasteiger charge is 2.40. The zero-order valence-corrected chi connectivity index (χ0v) is 56.1. The molecule has 0 saturated carbocycles. The molecular formula is C61H94N16O22. The van der Waals surface area contributed by atoms with Gasteiger partial charge in [-0.1, -0.05) is 53.7 Å². The number of nitrogens with two attached hydrogens (primary N) is 4. The molecule has 550 valence electrons. The van der Waals surface area contributed by atoms with Crippen molar-refractivity contribution in [2.24, 2.45) is 40.7 Å². The number of carbonyl (C=O) groups is 18. The van der Waals surface area contributed by atoms with Gasteiger partial charge in [0.25, 0.3) is 0 Å². The number of amides is 15. The molecule has 23 N–H and O–H groups in total. The first-order valence-electron chi connectivity index (χ1n) is 31.8. The van der Waals surface area contributed by atoms with E-state index in [4.69, 9.17) is 28.0 Å². The van der Waals surface area contributed by atoms with Gasteiger partial charge in [0.05, 0.1) is 32.0 Å². The smallest absolute Gasteiger partial charge is 0.326 e. The maximum absolute atomic E-state index is 14.1. The summed E-state index contributed by atoms with van der Waals surface area (Å²) in [5, 5.41) is 63.8. The highest BCUT2D eigenvalue weighted by atomic mass is 16.4. The molecule has 1 aliphatic heterocycles. The average Bonchev–Trinajstić information content (AvgIpc) is 1.82. The number of likely N-dealkylation sites (tertiary alicyclic amines) is 1. The number of nitrogens with zero attached hydrogens (tertiary/aromatic N) is 1. The van der Waals surface area contributed by atoms with E-state index in [1.54, 1.807) is 27.7 Å². The Balaban J connectivity index is 2.33. The van der Waals surface area contributed by atoms with Gasteiger partial charge in [0.1, 0.15) is 66.2 Å². The molecule has 38 nitrogen and oxygen atoms in total. The predicted molar refractivity (Wildman–Crippen MR) is 345 cm³/mol. The fourth-order valence-electron chi connectivity index (χ4n) is 9.90. The minimum atomic E-state index is -1.90. The second kappa shape index (κ2) is 41.5. The van der Waals surface area contributed by atoms with Gasteiger partial charge in [0.15, 0.2) is 0 Å². The predicted octanol–water partition coefficient (Wildman–Crippen LogP) is -6.55. The van der Waals surface area contributed by atoms with Crippen LogP contribution in [0.3, 0.4) is 0 Å². The van der Waals surface area contributed by atoms with Gasteiger partial charge in [0, 0.05) is 32.2 Å². The SMILES string of the molecule is CC(C)C[C@H](NC(=O)[C@H](Cc1ccc(O)cc1)NC(=O)CNC(=O)[C@H](C)N)C(=O)N[C@@H](CCC(N)=O)C(=O)NCC(=O)N1CCC[C@H]1C(=O)N[C@@H](CC(N)=O)C(=O)N[C@H](C(=O)N[C@@H](CC(N)=O)C(=O)N[C@@H](CC(C)C)C(=O)N[C@@H](CCC(=O)O)C(=O)N[C@@H](CCC(=O)O)C(=O)O)C(C)C. The largest absolute Gasteiger partial charge is 0.508 e. The lowest BCUT2D eigenvalue weighted by atomic mass is 10.00. The lowest BCUT2D eigenvalue weighted by molar-refractivity contribution is -0.144. The van der Waals surface area contributed by atoms with Crippen LogP contribution in [0.5, 0.6) is 5.75 Å². The third-order valence-electron chi connectivity index (χ3n) is 15.0. The maximum Gasteiger partial charge on any atom is 0.326 e. The van der Waals surface area contributed by atoms with Crippen molar-refractivity contribution in [3.63, 3.8) is 0 Å². The summed E-state index contributed by atoms with van der Waals surface area (Å²) in [5.74, 6) is -21.4. The van der Waals surface area contributed by atoms with E-state index in [0.717, 1.165) is 4.90 Å². The summed E-state index contributed by atoms with van der Waals surface area (Å²) >= 11 is 0. The van der Waals surface area contributed by atoms with Crippen LogP contribution >= 0.6 is 0 Å². The number of nitrogens with one attached hydrogen (secondary N) is 11. The van der Waals surface area contributed by atoms with Crippen molar-refractivity contribution in [2.75, 3.05) is 19.6 Å². The second-order valence-corrected chi connectivity index (χ2v) is 24.9. The van der Waals surface area contributed by atoms with E-state index in [9.17, 15) is 102 Å². The molecule has 0 radical (unpaired) electrons. The number of hydrogen-bond acceptors (Lipinski definition) is 20. The molecule has 38 heteroatoms. The molecule has 15 amide bonds. The second-order valence-electron chi connectivity index (χ2n) is 24.9. The van der Waals surface area contributed by atoms with Crippen LogP contribution in [-0.2, 0) is 92.7 Å². The molecule has 0 unspecified atom stereocenters. The van der Waals surface area contributed by atoms with Gasteiger partial charge in [-0.15, -0.1) is 0 Å². The van der Waals surface area contributed by atoms with Crippen molar-refractivity contribution >= 4 is 107 Å². The third kappa shape index (κ3) is 31.5. The normalized spacial score (nSPS) is 15.6. The fourth-order valence-corrected chi connectivity index (χ4v) is 9.90. The molecule has 1 aromatic rings. The van der Waals surface area contributed by atoms with Crippen LogP contribution in [0, 0.1) is 17.8 Å². The number of carboxylic acid groups (broad SMARTS) is 3. The van der Waals surface area contributed by atoms with Gasteiger partial charge in [-0.05, 0) is 87.3 Å². The number of phenolic OH excluding ortho intramolecular Hbond substituents is 1. The molecule has 1 fully saturated rings. The fraction of sp³-hybridized carbons (Fsp3) is 0.607. The van der Waals surface area contributed by atoms with E-state index >= 15 is 0 Å². The van der Waals surface area contributed by atoms with Crippen LogP contribution < -0.4 is 81.4 Å². The van der Waals surface area contributed by atoms with Crippen LogP contribution in [-0.4, -0.2) is 218 Å². The number of aromatic hydroxyl groups is 1. The minimum absolute atomic E-state index is 0.0235. The Hall–Kier alpha value is -10.6. The summed E-state index contributed by atoms with van der Waals surface area (Å²) in [5.41, 5.74) is 22.4. The Morgan fingerprint density at radius 2 is 0.899 bits per heavy atom. The maximum atomic E-state index is 14.1. The first-order valence-corrected chi connectivity index (χ1v) is 31.8. The third-order valence-corrected chi connectivity index (χ3v) is 15.0. The zero-order valence-electron chi connectivity index (χ0n) is 56.1. The van der Waals surface area contributed by atoms with Crippen molar-refractivity contribution in [3.05, 3.63) is 29.8 Å². The number of phenols is 1. The Labute approximate surface area is 569 Å². The van der Waals surface area contributed by atoms with E-state index in [2.05, 4.69) is 58.5 Å². The summed E-state index contributed by atoms with van der Waals surface area (Å²) in [4.78, 5) is 236. The van der Waals surface area contributed by atoms with Crippen molar-refractivity contribution in [1.29, 1.82) is 0 Å². The highest BCUT2D eigenvalue weighted by molar-refractivity contribution is 6.01. The van der Waals surface area contributed by atoms with Crippen molar-refractivity contribution in [2.45, 2.75) is 198 Å². The van der Waals surface area contributed by atoms with Gasteiger partial charge in [-0.25, -0.2) is 4.79 Å². The summed E-state index contributed by atoms with van der Waals surface area (Å²) in [6.07, 6.45) is -5.55. The summed E-state index contributed by atoms with van der Waals surface area (Å²) in [6.45, 7) is 9.44. The molecule has 11 atom stereocenters. The minimum Gasteiger partial charge on any atom is -0.508 e. The molecule has 1 saturated heterocycles. The van der Waals surface area contributed by atoms with E-state index in [-0.39, 0.29) is 50.3 Å². The van der Waals surface area contributed by atoms with E-state index in [0.29, 0.717) is 5.56 Å². The number of primary amides is 3. The first kappa shape index (κ1) is 84.5. The van der Waals surface area contributed by atoms with Crippen LogP contribution in [0.4, 0.5) is 0 Å². The van der Waals surface area contributed by atoms with Gasteiger partial charge >= 0.3 is 17.9 Å². The van der Waals surface area contributed by atoms with Crippen molar-refractivity contribution in [3.8, 4) is 5.75 Å². The number of carbonyl (C=O) groups excluding carboxylic acids is 15. The first-order chi connectivity index (χ1) is 46.2. The van der Waals surface area contributed by atoms with Crippen LogP contribution in [0.1, 0.15) is 131 Å². The van der Waals surface area contributed by atoms with Crippen LogP contribution in [0.2, 0.25) is 0 Å². The Morgan fingerprint density at radius 1 is 0.475 bits per heavy atom. The Morgan fingerprint density at radius 3 is 1.37 bits per heavy atom. The lowest BCUT2D eigenvalue weighted by Gasteiger charge is -2.29. The molecule has 0 aromatic heterocycles. The topological polar surface area (TPSA) is 628 Å². The molecule has 1 aromatic carbocycles. The Kier molecular flexibility index (Phi) is 35.5. The standard InChI is InChI=1S/C61H94N16O22/c1-28(2)21-37(72-56(93)39(23-32-10-12-33(78)13-11-32)68-46(82)26-66-51(88)31(7)62)54(91)69-34(14-17-43(63)79)52(89)67-27-47(83)77-20-8-9-42(77)59(96)74-41(25-45(65)81)58(95)76-50(30(5)6)60(97)75-40(24-44(64)80)57(94)73-38(22-29(3)4)55(92)70-35(15-18-48(84)85)53(90)71-36(61(98)99)16-19-49(86)87/h10-13,28-31,34-42,50,78H,8-9,14-27,62H2,1-7H3,(H2,63,79)(H2,64,80)(H2,65,81)(H,66,88)(H,67,89)(H,68,82)(H,69,91)(H,70,92)(H,71,90)(H,72,93)(H,73,94)(H,74,96)(H,75,97)(H,76,95)(H,84,85)(H,86,87)(H,98,99)/t31-,34-,35-,36-,37-,38-,39-,40-,41-,42-,50-/m0/s1. The van der Waals surface area contributed by atoms with E-state index in [1.807, 2.05) is 0 Å². The number of carboxylic acids is 3. The van der Waals surface area contributed by atoms with Crippen LogP contribution in [0.25, 0.3) is 0 Å². The molecule has 0 bridgehead atoms. The molecule has 1 heterocycles. The number of benzene rings is 1. The molecule has 2 rings (SSSR count). The van der Waals surface area contributed by atoms with E-state index < -0.39 is 249 Å². The molecule has 0 aliphatic carbocycles. The van der Waals surface area contributed by atoms with E-state index in [1.165, 1.54) is 45.0 Å². The number of rotatable bonds is 44. The molecule has 99 heavy (non-hydrogen) atoms. The van der Waals surface area contributed by atoms with Crippen molar-refractivity contribution in [1.82, 2.24) is 63.4 Å². The molecule has 1 aliphatic rings. The zero-order chi connectivity index (χ0) is 75.1. The van der Waals surface area contributed by atoms with Gasteiger partial charge in [0.2, 0.25) is 88.6 Å². The van der Waals surface area contributed by atoms with Crippen LogP contribution in [0.15, 0.2) is 24.3 Å². The van der Waals surface area contributed by atoms with Gasteiger partial charge in [-0.3, -0.25) is 81.5 Å². The lowest BCUT2D eigenvalue weighted by Crippen LogP contribution is -2.61. The Bertz CT molecular complexity index is 3110. The molecule has 0 spiro atoms. The monoisotopic (exact) mass is 1400 g/mol. The summed E-state index contributed by atoms with van der Waals surface area (Å²) in [7, 11) is 0. The van der Waals surface area contributed by atoms with Gasteiger partial charge in [-0.2, -0.15) is 0 Å². The summed E-state index contributed by atoms with van der Waals surface area (Å²) < 4.78 is 0. The van der Waals surface area contributed by atoms with Crippen molar-refractivity contribution < 1.29 is 107 Å². The number of aliphatic carboxylic acids is 3. The highest BCUT2D eigenvalue weighted by Crippen LogP contribution is 2.19. The average molecular weight is 1400 g/mol. The van der Waals surface area contributed by atoms with Gasteiger partial charge < -0.3 is 107 Å².